The summed E-state index contributed by atoms with van der Waals surface area (Å²) in [7, 11) is 0. The van der Waals surface area contributed by atoms with Crippen LogP contribution in [0, 0.1) is 0 Å². The smallest absolute Gasteiger partial charge is 0.249 e. The fourth-order valence-electron chi connectivity index (χ4n) is 2.71. The van der Waals surface area contributed by atoms with Gasteiger partial charge in [-0.05, 0) is 32.1 Å². The predicted molar refractivity (Wildman–Crippen MR) is 62.0 cm³/mol. The van der Waals surface area contributed by atoms with Crippen molar-refractivity contribution in [3.05, 3.63) is 0 Å². The van der Waals surface area contributed by atoms with E-state index in [2.05, 4.69) is 5.32 Å². The second-order valence-electron chi connectivity index (χ2n) is 4.99. The third-order valence-corrected chi connectivity index (χ3v) is 3.76. The molecule has 16 heavy (non-hydrogen) atoms. The van der Waals surface area contributed by atoms with Gasteiger partial charge in [-0.15, -0.1) is 0 Å². The lowest BCUT2D eigenvalue weighted by atomic mass is 10.0. The van der Waals surface area contributed by atoms with E-state index in [1.165, 1.54) is 12.8 Å². The van der Waals surface area contributed by atoms with Crippen LogP contribution in [0.4, 0.5) is 0 Å². The molecule has 1 unspecified atom stereocenters. The van der Waals surface area contributed by atoms with E-state index in [1.807, 2.05) is 0 Å². The number of nitrogens with two attached hydrogens (primary N) is 1. The highest BCUT2D eigenvalue weighted by Crippen LogP contribution is 2.34. The summed E-state index contributed by atoms with van der Waals surface area (Å²) in [4.78, 5) is 11.8. The molecule has 92 valence electrons. The standard InChI is InChI=1S/C12H22N2O2/c13-9-12(6-2-3-7-12)16-10-5-1-4-8-14-11(10)15/h10H,1-9,13H2,(H,14,15). The van der Waals surface area contributed by atoms with Gasteiger partial charge >= 0.3 is 0 Å². The fraction of sp³-hybridized carbons (Fsp3) is 0.917. The summed E-state index contributed by atoms with van der Waals surface area (Å²) in [6, 6.07) is 0. The molecule has 0 bridgehead atoms. The van der Waals surface area contributed by atoms with Crippen LogP contribution in [0.15, 0.2) is 0 Å². The zero-order chi connectivity index (χ0) is 11.4. The van der Waals surface area contributed by atoms with E-state index in [0.29, 0.717) is 6.54 Å². The van der Waals surface area contributed by atoms with Crippen molar-refractivity contribution in [2.45, 2.75) is 56.7 Å². The summed E-state index contributed by atoms with van der Waals surface area (Å²) in [5, 5.41) is 2.91. The number of hydrogen-bond donors (Lipinski definition) is 2. The molecule has 0 spiro atoms. The molecule has 1 aliphatic heterocycles. The van der Waals surface area contributed by atoms with Crippen molar-refractivity contribution >= 4 is 5.91 Å². The van der Waals surface area contributed by atoms with Crippen LogP contribution in [0.25, 0.3) is 0 Å². The van der Waals surface area contributed by atoms with Gasteiger partial charge in [0.15, 0.2) is 0 Å². The number of amides is 1. The highest BCUT2D eigenvalue weighted by molar-refractivity contribution is 5.81. The minimum absolute atomic E-state index is 0.0530. The van der Waals surface area contributed by atoms with Gasteiger partial charge in [0.25, 0.3) is 0 Å². The van der Waals surface area contributed by atoms with E-state index in [1.54, 1.807) is 0 Å². The molecular weight excluding hydrogens is 204 g/mol. The van der Waals surface area contributed by atoms with Crippen molar-refractivity contribution in [2.24, 2.45) is 5.73 Å². The summed E-state index contributed by atoms with van der Waals surface area (Å²) < 4.78 is 6.04. The Hall–Kier alpha value is -0.610. The second kappa shape index (κ2) is 5.15. The van der Waals surface area contributed by atoms with Crippen LogP contribution in [0.2, 0.25) is 0 Å². The number of ether oxygens (including phenoxy) is 1. The van der Waals surface area contributed by atoms with Gasteiger partial charge in [-0.1, -0.05) is 12.8 Å². The minimum Gasteiger partial charge on any atom is -0.361 e. The van der Waals surface area contributed by atoms with Crippen molar-refractivity contribution in [2.75, 3.05) is 13.1 Å². The lowest BCUT2D eigenvalue weighted by Gasteiger charge is -2.31. The molecule has 1 saturated carbocycles. The molecule has 3 N–H and O–H groups in total. The highest BCUT2D eigenvalue weighted by Gasteiger charge is 2.38. The van der Waals surface area contributed by atoms with Gasteiger partial charge in [0, 0.05) is 13.1 Å². The van der Waals surface area contributed by atoms with Gasteiger partial charge in [0.1, 0.15) is 6.10 Å². The number of carbonyl (C=O) groups excluding carboxylic acids is 1. The van der Waals surface area contributed by atoms with Gasteiger partial charge in [-0.2, -0.15) is 0 Å². The molecule has 4 nitrogen and oxygen atoms in total. The van der Waals surface area contributed by atoms with Crippen LogP contribution in [0.5, 0.6) is 0 Å². The molecule has 1 amide bonds. The Morgan fingerprint density at radius 2 is 2.06 bits per heavy atom. The third-order valence-electron chi connectivity index (χ3n) is 3.76. The zero-order valence-electron chi connectivity index (χ0n) is 9.84. The summed E-state index contributed by atoms with van der Waals surface area (Å²) in [5.74, 6) is 0.0530. The minimum atomic E-state index is -0.274. The molecule has 1 heterocycles. The van der Waals surface area contributed by atoms with E-state index in [9.17, 15) is 4.79 Å². The van der Waals surface area contributed by atoms with Gasteiger partial charge in [0.2, 0.25) is 5.91 Å². The molecule has 2 aliphatic rings. The largest absolute Gasteiger partial charge is 0.361 e. The Morgan fingerprint density at radius 3 is 2.75 bits per heavy atom. The first-order valence-corrected chi connectivity index (χ1v) is 6.41. The lowest BCUT2D eigenvalue weighted by Crippen LogP contribution is -2.45. The average Bonchev–Trinajstić information content (AvgIpc) is 2.67. The van der Waals surface area contributed by atoms with Crippen LogP contribution in [-0.4, -0.2) is 30.7 Å². The summed E-state index contributed by atoms with van der Waals surface area (Å²) in [6.07, 6.45) is 7.04. The van der Waals surface area contributed by atoms with E-state index in [4.69, 9.17) is 10.5 Å². The normalized spacial score (nSPS) is 29.8. The Labute approximate surface area is 96.9 Å². The van der Waals surface area contributed by atoms with Crippen LogP contribution in [0.3, 0.4) is 0 Å². The van der Waals surface area contributed by atoms with Crippen molar-refractivity contribution in [3.63, 3.8) is 0 Å². The average molecular weight is 226 g/mol. The van der Waals surface area contributed by atoms with Crippen molar-refractivity contribution < 1.29 is 9.53 Å². The first kappa shape index (κ1) is 11.9. The molecule has 0 radical (unpaired) electrons. The fourth-order valence-corrected chi connectivity index (χ4v) is 2.71. The Morgan fingerprint density at radius 1 is 1.31 bits per heavy atom. The van der Waals surface area contributed by atoms with Crippen molar-refractivity contribution in [1.82, 2.24) is 5.32 Å². The summed E-state index contributed by atoms with van der Waals surface area (Å²) in [6.45, 7) is 1.32. The lowest BCUT2D eigenvalue weighted by molar-refractivity contribution is -0.146. The van der Waals surface area contributed by atoms with Crippen molar-refractivity contribution in [1.29, 1.82) is 0 Å². The number of hydrogen-bond acceptors (Lipinski definition) is 3. The van der Waals surface area contributed by atoms with E-state index < -0.39 is 0 Å². The number of nitrogens with one attached hydrogen (secondary N) is 1. The van der Waals surface area contributed by atoms with Crippen molar-refractivity contribution in [3.8, 4) is 0 Å². The van der Waals surface area contributed by atoms with Gasteiger partial charge in [-0.25, -0.2) is 0 Å². The topological polar surface area (TPSA) is 64.3 Å². The summed E-state index contributed by atoms with van der Waals surface area (Å²) in [5.41, 5.74) is 5.60. The van der Waals surface area contributed by atoms with Gasteiger partial charge in [-0.3, -0.25) is 4.79 Å². The molecular formula is C12H22N2O2. The van der Waals surface area contributed by atoms with Crippen LogP contribution in [-0.2, 0) is 9.53 Å². The van der Waals surface area contributed by atoms with Crippen LogP contribution < -0.4 is 11.1 Å². The molecule has 4 heteroatoms. The van der Waals surface area contributed by atoms with Crippen LogP contribution >= 0.6 is 0 Å². The molecule has 0 aromatic rings. The van der Waals surface area contributed by atoms with E-state index in [0.717, 1.165) is 38.6 Å². The number of carbonyl (C=O) groups is 1. The monoisotopic (exact) mass is 226 g/mol. The molecule has 1 saturated heterocycles. The maximum atomic E-state index is 11.8. The Kier molecular flexibility index (Phi) is 3.82. The quantitative estimate of drug-likeness (QED) is 0.753. The molecule has 1 aliphatic carbocycles. The van der Waals surface area contributed by atoms with Gasteiger partial charge < -0.3 is 15.8 Å². The zero-order valence-corrected chi connectivity index (χ0v) is 9.84. The molecule has 0 aromatic heterocycles. The second-order valence-corrected chi connectivity index (χ2v) is 4.99. The third kappa shape index (κ3) is 2.55. The molecule has 2 fully saturated rings. The molecule has 0 aromatic carbocycles. The maximum Gasteiger partial charge on any atom is 0.249 e. The maximum absolute atomic E-state index is 11.8. The molecule has 2 rings (SSSR count). The SMILES string of the molecule is NCC1(OC2CCCCNC2=O)CCCC1. The van der Waals surface area contributed by atoms with Gasteiger partial charge in [0.05, 0.1) is 5.60 Å². The molecule has 1 atom stereocenters. The highest BCUT2D eigenvalue weighted by atomic mass is 16.5. The van der Waals surface area contributed by atoms with E-state index >= 15 is 0 Å². The first-order valence-electron chi connectivity index (χ1n) is 6.41. The Balaban J connectivity index is 1.97. The number of rotatable bonds is 3. The Bertz CT molecular complexity index is 249. The van der Waals surface area contributed by atoms with E-state index in [-0.39, 0.29) is 17.6 Å². The summed E-state index contributed by atoms with van der Waals surface area (Å²) >= 11 is 0. The van der Waals surface area contributed by atoms with Crippen LogP contribution in [0.1, 0.15) is 44.9 Å². The predicted octanol–water partition coefficient (Wildman–Crippen LogP) is 0.943. The first-order chi connectivity index (χ1) is 7.76.